The Morgan fingerprint density at radius 3 is 2.61 bits per heavy atom. The topological polar surface area (TPSA) is 42.7 Å². The first-order valence-corrected chi connectivity index (χ1v) is 8.47. The molecule has 0 saturated heterocycles. The Balaban J connectivity index is 2.49. The van der Waals surface area contributed by atoms with E-state index in [0.717, 1.165) is 24.4 Å². The largest absolute Gasteiger partial charge is 0.305 e. The highest BCUT2D eigenvalue weighted by atomic mass is 79.9. The van der Waals surface area contributed by atoms with Gasteiger partial charge in [0.05, 0.1) is 19.3 Å². The highest BCUT2D eigenvalue weighted by Gasteiger charge is 2.24. The number of aromatic nitrogens is 3. The van der Waals surface area contributed by atoms with E-state index >= 15 is 0 Å². The van der Waals surface area contributed by atoms with E-state index in [2.05, 4.69) is 76.4 Å². The Morgan fingerprint density at radius 1 is 1.44 bits per heavy atom. The van der Waals surface area contributed by atoms with Crippen molar-refractivity contribution >= 4 is 59.1 Å². The van der Waals surface area contributed by atoms with Gasteiger partial charge in [-0.3, -0.25) is 0 Å². The molecule has 0 spiro atoms. The molecule has 1 atom stereocenters. The Morgan fingerprint density at radius 2 is 2.17 bits per heavy atom. The van der Waals surface area contributed by atoms with Crippen LogP contribution >= 0.6 is 59.1 Å². The second-order valence-corrected chi connectivity index (χ2v) is 8.16. The molecule has 2 aromatic heterocycles. The average Bonchev–Trinajstić information content (AvgIpc) is 2.80. The van der Waals surface area contributed by atoms with Gasteiger partial charge in [0.25, 0.3) is 0 Å². The summed E-state index contributed by atoms with van der Waals surface area (Å²) in [5, 5.41) is 11.5. The molecule has 0 saturated carbocycles. The zero-order chi connectivity index (χ0) is 13.3. The quantitative estimate of drug-likeness (QED) is 0.756. The second-order valence-electron chi connectivity index (χ2n) is 3.66. The second kappa shape index (κ2) is 6.13. The van der Waals surface area contributed by atoms with Gasteiger partial charge in [0.15, 0.2) is 4.60 Å². The van der Waals surface area contributed by atoms with Crippen LogP contribution in [0.5, 0.6) is 0 Å². The number of aryl methyl sites for hydroxylation is 1. The van der Waals surface area contributed by atoms with E-state index in [4.69, 9.17) is 0 Å². The van der Waals surface area contributed by atoms with Crippen molar-refractivity contribution in [3.05, 3.63) is 29.5 Å². The normalized spacial score (nSPS) is 12.9. The fourth-order valence-corrected chi connectivity index (χ4v) is 5.21. The zero-order valence-electron chi connectivity index (χ0n) is 9.75. The van der Waals surface area contributed by atoms with Crippen LogP contribution < -0.4 is 5.32 Å². The van der Waals surface area contributed by atoms with E-state index in [1.165, 1.54) is 5.56 Å². The summed E-state index contributed by atoms with van der Waals surface area (Å²) >= 11 is 12.2. The van der Waals surface area contributed by atoms with Crippen LogP contribution in [-0.2, 0) is 7.05 Å². The molecule has 4 nitrogen and oxygen atoms in total. The molecule has 0 amide bonds. The smallest absolute Gasteiger partial charge is 0.153 e. The summed E-state index contributed by atoms with van der Waals surface area (Å²) < 4.78 is 4.76. The first-order valence-electron chi connectivity index (χ1n) is 5.27. The summed E-state index contributed by atoms with van der Waals surface area (Å²) in [5.74, 6) is 0. The molecule has 2 aromatic rings. The summed E-state index contributed by atoms with van der Waals surface area (Å²) in [4.78, 5) is 0. The van der Waals surface area contributed by atoms with Gasteiger partial charge in [0.2, 0.25) is 0 Å². The van der Waals surface area contributed by atoms with Crippen molar-refractivity contribution in [2.75, 3.05) is 6.54 Å². The van der Waals surface area contributed by atoms with Crippen molar-refractivity contribution in [2.24, 2.45) is 7.05 Å². The molecule has 1 unspecified atom stereocenters. The predicted octanol–water partition coefficient (Wildman–Crippen LogP) is 3.86. The van der Waals surface area contributed by atoms with E-state index in [1.54, 1.807) is 16.0 Å². The molecular formula is C10H11Br3N4S. The van der Waals surface area contributed by atoms with Crippen molar-refractivity contribution in [1.29, 1.82) is 0 Å². The van der Waals surface area contributed by atoms with Gasteiger partial charge in [-0.2, -0.15) is 0 Å². The van der Waals surface area contributed by atoms with E-state index in [-0.39, 0.29) is 6.04 Å². The van der Waals surface area contributed by atoms with Gasteiger partial charge in [0.1, 0.15) is 0 Å². The predicted molar refractivity (Wildman–Crippen MR) is 83.9 cm³/mol. The van der Waals surface area contributed by atoms with Crippen molar-refractivity contribution < 1.29 is 0 Å². The fourth-order valence-electron chi connectivity index (χ4n) is 1.75. The van der Waals surface area contributed by atoms with Gasteiger partial charge < -0.3 is 5.32 Å². The molecule has 1 N–H and O–H groups in total. The molecule has 0 aromatic carbocycles. The molecule has 0 aliphatic heterocycles. The van der Waals surface area contributed by atoms with E-state index in [1.807, 2.05) is 7.05 Å². The van der Waals surface area contributed by atoms with Crippen molar-refractivity contribution in [3.8, 4) is 0 Å². The molecule has 18 heavy (non-hydrogen) atoms. The Labute approximate surface area is 135 Å². The molecular weight excluding hydrogens is 448 g/mol. The third-order valence-corrected chi connectivity index (χ3v) is 5.45. The van der Waals surface area contributed by atoms with Gasteiger partial charge in [0, 0.05) is 12.6 Å². The van der Waals surface area contributed by atoms with Gasteiger partial charge in [-0.1, -0.05) is 12.1 Å². The molecule has 98 valence electrons. The van der Waals surface area contributed by atoms with Gasteiger partial charge in [-0.25, -0.2) is 4.68 Å². The van der Waals surface area contributed by atoms with Crippen LogP contribution in [0.4, 0.5) is 0 Å². The first kappa shape index (κ1) is 14.6. The van der Waals surface area contributed by atoms with Crippen LogP contribution in [0.15, 0.2) is 18.2 Å². The van der Waals surface area contributed by atoms with Crippen LogP contribution in [0.1, 0.15) is 24.2 Å². The lowest BCUT2D eigenvalue weighted by molar-refractivity contribution is 0.567. The van der Waals surface area contributed by atoms with Crippen LogP contribution in [0, 0.1) is 0 Å². The number of nitrogens with zero attached hydrogens (tertiary/aromatic N) is 3. The van der Waals surface area contributed by atoms with Crippen LogP contribution in [0.25, 0.3) is 0 Å². The Hall–Kier alpha value is 0.240. The molecule has 2 heterocycles. The van der Waals surface area contributed by atoms with Gasteiger partial charge >= 0.3 is 0 Å². The maximum atomic E-state index is 4.05. The highest BCUT2D eigenvalue weighted by molar-refractivity contribution is 9.12. The molecule has 2 rings (SSSR count). The minimum atomic E-state index is 0.0568. The summed E-state index contributed by atoms with van der Waals surface area (Å²) in [6, 6.07) is 2.17. The minimum Gasteiger partial charge on any atom is -0.305 e. The number of hydrogen-bond acceptors (Lipinski definition) is 4. The zero-order valence-corrected chi connectivity index (χ0v) is 15.3. The number of nitrogens with one attached hydrogen (secondary N) is 1. The maximum absolute atomic E-state index is 4.05. The number of hydrogen-bond donors (Lipinski definition) is 1. The van der Waals surface area contributed by atoms with Gasteiger partial charge in [-0.05, 0) is 60.4 Å². The molecule has 0 fully saturated rings. The highest BCUT2D eigenvalue weighted by Crippen LogP contribution is 2.38. The van der Waals surface area contributed by atoms with E-state index < -0.39 is 0 Å². The summed E-state index contributed by atoms with van der Waals surface area (Å²) in [5.41, 5.74) is 2.20. The third-order valence-electron chi connectivity index (χ3n) is 2.50. The van der Waals surface area contributed by atoms with Crippen molar-refractivity contribution in [1.82, 2.24) is 20.3 Å². The number of thiophene rings is 1. The summed E-state index contributed by atoms with van der Waals surface area (Å²) in [6.45, 7) is 2.95. The molecule has 0 aliphatic carbocycles. The fraction of sp³-hybridized carbons (Fsp3) is 0.400. The molecule has 0 radical (unpaired) electrons. The summed E-state index contributed by atoms with van der Waals surface area (Å²) in [7, 11) is 1.90. The van der Waals surface area contributed by atoms with E-state index in [9.17, 15) is 0 Å². The maximum Gasteiger partial charge on any atom is 0.153 e. The lowest BCUT2D eigenvalue weighted by atomic mass is 10.1. The monoisotopic (exact) mass is 456 g/mol. The lowest BCUT2D eigenvalue weighted by Crippen LogP contribution is -2.24. The number of halogens is 3. The first-order chi connectivity index (χ1) is 8.54. The SMILES string of the molecule is CCNC(c1cc(Br)sc1Br)c1c(Br)nnn1C. The van der Waals surface area contributed by atoms with Crippen LogP contribution in [0.3, 0.4) is 0 Å². The molecule has 0 aliphatic rings. The standard InChI is InChI=1S/C10H11Br3N4S/c1-3-14-7(5-4-6(11)18-10(5)13)8-9(12)15-16-17(8)2/h4,7,14H,3H2,1-2H3. The number of rotatable bonds is 4. The van der Waals surface area contributed by atoms with Gasteiger partial charge in [-0.15, -0.1) is 16.4 Å². The molecule has 0 bridgehead atoms. The Bertz CT molecular complexity index is 532. The lowest BCUT2D eigenvalue weighted by Gasteiger charge is -2.17. The average molecular weight is 459 g/mol. The summed E-state index contributed by atoms with van der Waals surface area (Å²) in [6.07, 6.45) is 0. The van der Waals surface area contributed by atoms with E-state index in [0.29, 0.717) is 0 Å². The van der Waals surface area contributed by atoms with Crippen molar-refractivity contribution in [3.63, 3.8) is 0 Å². The van der Waals surface area contributed by atoms with Crippen LogP contribution in [0.2, 0.25) is 0 Å². The molecule has 8 heteroatoms. The third kappa shape index (κ3) is 2.87. The van der Waals surface area contributed by atoms with Crippen LogP contribution in [-0.4, -0.2) is 21.5 Å². The Kier molecular flexibility index (Phi) is 4.99. The van der Waals surface area contributed by atoms with Crippen molar-refractivity contribution in [2.45, 2.75) is 13.0 Å². The minimum absolute atomic E-state index is 0.0568.